The fourth-order valence-corrected chi connectivity index (χ4v) is 4.47. The van der Waals surface area contributed by atoms with Gasteiger partial charge >= 0.3 is 0 Å². The summed E-state index contributed by atoms with van der Waals surface area (Å²) >= 11 is 0. The summed E-state index contributed by atoms with van der Waals surface area (Å²) in [6, 6.07) is 9.18. The Morgan fingerprint density at radius 3 is 2.04 bits per heavy atom. The van der Waals surface area contributed by atoms with E-state index >= 15 is 0 Å². The first-order chi connectivity index (χ1) is 12.6. The zero-order valence-corrected chi connectivity index (χ0v) is 17.8. The van der Waals surface area contributed by atoms with Crippen molar-refractivity contribution in [2.24, 2.45) is 5.41 Å². The van der Waals surface area contributed by atoms with Crippen LogP contribution in [0.5, 0.6) is 0 Å². The minimum Gasteiger partial charge on any atom is -0.348 e. The molecule has 0 atom stereocenters. The van der Waals surface area contributed by atoms with E-state index in [1.165, 1.54) is 81.5 Å². The SMILES string of the molecule is CCCCCCC(C)(CCCCCC)Cc1cccc2ccn(CC)c12. The van der Waals surface area contributed by atoms with E-state index in [9.17, 15) is 0 Å². The predicted octanol–water partition coefficient (Wildman–Crippen LogP) is 8.15. The van der Waals surface area contributed by atoms with Crippen molar-refractivity contribution in [1.29, 1.82) is 0 Å². The van der Waals surface area contributed by atoms with E-state index in [-0.39, 0.29) is 0 Å². The van der Waals surface area contributed by atoms with Gasteiger partial charge in [-0.1, -0.05) is 90.3 Å². The number of unbranched alkanes of at least 4 members (excludes halogenated alkanes) is 6. The van der Waals surface area contributed by atoms with Gasteiger partial charge in [0.15, 0.2) is 0 Å². The highest BCUT2D eigenvalue weighted by atomic mass is 14.9. The Hall–Kier alpha value is -1.24. The van der Waals surface area contributed by atoms with E-state index in [0.29, 0.717) is 5.41 Å². The van der Waals surface area contributed by atoms with Crippen molar-refractivity contribution in [3.63, 3.8) is 0 Å². The average molecular weight is 356 g/mol. The van der Waals surface area contributed by atoms with Gasteiger partial charge in [0.1, 0.15) is 0 Å². The maximum absolute atomic E-state index is 2.56. The van der Waals surface area contributed by atoms with E-state index in [0.717, 1.165) is 6.54 Å². The van der Waals surface area contributed by atoms with Gasteiger partial charge in [0.25, 0.3) is 0 Å². The molecule has 0 aliphatic heterocycles. The number of aromatic nitrogens is 1. The Balaban J connectivity index is 2.15. The van der Waals surface area contributed by atoms with Crippen molar-refractivity contribution in [3.05, 3.63) is 36.0 Å². The number of hydrogen-bond donors (Lipinski definition) is 0. The summed E-state index contributed by atoms with van der Waals surface area (Å²) in [5.74, 6) is 0. The summed E-state index contributed by atoms with van der Waals surface area (Å²) in [5.41, 5.74) is 3.48. The Morgan fingerprint density at radius 1 is 0.808 bits per heavy atom. The predicted molar refractivity (Wildman–Crippen MR) is 117 cm³/mol. The molecule has 2 rings (SSSR count). The first-order valence-corrected chi connectivity index (χ1v) is 11.2. The van der Waals surface area contributed by atoms with Crippen molar-refractivity contribution in [1.82, 2.24) is 4.57 Å². The monoisotopic (exact) mass is 355 g/mol. The third kappa shape index (κ3) is 5.89. The highest BCUT2D eigenvalue weighted by Gasteiger charge is 2.25. The van der Waals surface area contributed by atoms with E-state index in [2.05, 4.69) is 62.7 Å². The quantitative estimate of drug-likeness (QED) is 0.319. The molecule has 2 aromatic rings. The molecule has 1 aromatic heterocycles. The van der Waals surface area contributed by atoms with Crippen molar-refractivity contribution in [2.75, 3.05) is 0 Å². The van der Waals surface area contributed by atoms with Gasteiger partial charge in [-0.25, -0.2) is 0 Å². The molecule has 26 heavy (non-hydrogen) atoms. The molecule has 0 radical (unpaired) electrons. The molecule has 0 fully saturated rings. The number of aryl methyl sites for hydroxylation is 1. The van der Waals surface area contributed by atoms with Gasteiger partial charge in [-0.2, -0.15) is 0 Å². The number of nitrogens with zero attached hydrogens (tertiary/aromatic N) is 1. The topological polar surface area (TPSA) is 4.93 Å². The summed E-state index contributed by atoms with van der Waals surface area (Å²) in [7, 11) is 0. The summed E-state index contributed by atoms with van der Waals surface area (Å²) in [6.45, 7) is 10.5. The lowest BCUT2D eigenvalue weighted by molar-refractivity contribution is 0.249. The fraction of sp³-hybridized carbons (Fsp3) is 0.680. The molecule has 0 spiro atoms. The van der Waals surface area contributed by atoms with Crippen LogP contribution in [-0.2, 0) is 13.0 Å². The maximum Gasteiger partial charge on any atom is 0.0512 e. The molecule has 0 aliphatic rings. The zero-order valence-electron chi connectivity index (χ0n) is 17.8. The van der Waals surface area contributed by atoms with Crippen LogP contribution in [0.4, 0.5) is 0 Å². The molecule has 146 valence electrons. The Kier molecular flexibility index (Phi) is 8.75. The molecule has 0 N–H and O–H groups in total. The molecule has 1 nitrogen and oxygen atoms in total. The second-order valence-electron chi connectivity index (χ2n) is 8.57. The Labute approximate surface area is 162 Å². The molecular formula is C25H41N. The molecule has 0 saturated carbocycles. The number of rotatable bonds is 13. The van der Waals surface area contributed by atoms with Crippen molar-refractivity contribution < 1.29 is 0 Å². The van der Waals surface area contributed by atoms with Crippen LogP contribution in [0.1, 0.15) is 97.5 Å². The number of fused-ring (bicyclic) bond motifs is 1. The van der Waals surface area contributed by atoms with E-state index in [1.807, 2.05) is 0 Å². The van der Waals surface area contributed by atoms with Crippen LogP contribution < -0.4 is 0 Å². The van der Waals surface area contributed by atoms with E-state index in [4.69, 9.17) is 0 Å². The lowest BCUT2D eigenvalue weighted by Crippen LogP contribution is -2.20. The van der Waals surface area contributed by atoms with Crippen molar-refractivity contribution >= 4 is 10.9 Å². The molecular weight excluding hydrogens is 314 g/mol. The van der Waals surface area contributed by atoms with Gasteiger partial charge in [0, 0.05) is 12.7 Å². The van der Waals surface area contributed by atoms with Crippen LogP contribution in [-0.4, -0.2) is 4.57 Å². The first-order valence-electron chi connectivity index (χ1n) is 11.2. The van der Waals surface area contributed by atoms with Crippen molar-refractivity contribution in [2.45, 2.75) is 105 Å². The summed E-state index contributed by atoms with van der Waals surface area (Å²) in [5, 5.41) is 1.41. The molecule has 1 heteroatoms. The van der Waals surface area contributed by atoms with Gasteiger partial charge in [-0.15, -0.1) is 0 Å². The molecule has 0 bridgehead atoms. The highest BCUT2D eigenvalue weighted by molar-refractivity contribution is 5.83. The van der Waals surface area contributed by atoms with Crippen LogP contribution >= 0.6 is 0 Å². The van der Waals surface area contributed by atoms with Gasteiger partial charge in [-0.3, -0.25) is 0 Å². The lowest BCUT2D eigenvalue weighted by Gasteiger charge is -2.31. The minimum absolute atomic E-state index is 0.443. The Morgan fingerprint density at radius 2 is 1.46 bits per heavy atom. The summed E-state index contributed by atoms with van der Waals surface area (Å²) in [6.07, 6.45) is 17.3. The zero-order chi connectivity index (χ0) is 18.8. The standard InChI is InChI=1S/C25H41N/c1-5-8-10-12-18-25(4,19-13-11-9-6-2)21-23-16-14-15-22-17-20-26(7-3)24(22)23/h14-17,20H,5-13,18-19,21H2,1-4H3. The van der Waals surface area contributed by atoms with Gasteiger partial charge in [0.05, 0.1) is 5.52 Å². The van der Waals surface area contributed by atoms with Gasteiger partial charge < -0.3 is 4.57 Å². The van der Waals surface area contributed by atoms with E-state index in [1.54, 1.807) is 5.56 Å². The number of benzene rings is 1. The van der Waals surface area contributed by atoms with E-state index < -0.39 is 0 Å². The number of hydrogen-bond acceptors (Lipinski definition) is 0. The van der Waals surface area contributed by atoms with Crippen molar-refractivity contribution in [3.8, 4) is 0 Å². The molecule has 0 amide bonds. The first kappa shape index (κ1) is 21.1. The smallest absolute Gasteiger partial charge is 0.0512 e. The minimum atomic E-state index is 0.443. The van der Waals surface area contributed by atoms with Crippen LogP contribution in [0.25, 0.3) is 10.9 Å². The van der Waals surface area contributed by atoms with Crippen LogP contribution in [0.3, 0.4) is 0 Å². The molecule has 0 aliphatic carbocycles. The number of para-hydroxylation sites is 1. The fourth-order valence-electron chi connectivity index (χ4n) is 4.47. The normalized spacial score (nSPS) is 12.2. The van der Waals surface area contributed by atoms with Gasteiger partial charge in [-0.05, 0) is 48.6 Å². The molecule has 0 unspecified atom stereocenters. The largest absolute Gasteiger partial charge is 0.348 e. The summed E-state index contributed by atoms with van der Waals surface area (Å²) < 4.78 is 2.43. The summed E-state index contributed by atoms with van der Waals surface area (Å²) in [4.78, 5) is 0. The van der Waals surface area contributed by atoms with Gasteiger partial charge in [0.2, 0.25) is 0 Å². The third-order valence-corrected chi connectivity index (χ3v) is 6.10. The van der Waals surface area contributed by atoms with Crippen LogP contribution in [0.2, 0.25) is 0 Å². The highest BCUT2D eigenvalue weighted by Crippen LogP contribution is 2.37. The molecule has 1 heterocycles. The molecule has 1 aromatic carbocycles. The second-order valence-corrected chi connectivity index (χ2v) is 8.57. The maximum atomic E-state index is 2.56. The Bertz CT molecular complexity index is 625. The van der Waals surface area contributed by atoms with Crippen LogP contribution in [0, 0.1) is 5.41 Å². The molecule has 0 saturated heterocycles. The lowest BCUT2D eigenvalue weighted by atomic mass is 9.75. The average Bonchev–Trinajstić information content (AvgIpc) is 3.07. The van der Waals surface area contributed by atoms with Crippen LogP contribution in [0.15, 0.2) is 30.5 Å². The second kappa shape index (κ2) is 10.8. The third-order valence-electron chi connectivity index (χ3n) is 6.10.